The molecule has 1 amide bonds. The number of aromatic amines is 1. The van der Waals surface area contributed by atoms with E-state index in [9.17, 15) is 24.6 Å². The molecule has 0 radical (unpaired) electrons. The summed E-state index contributed by atoms with van der Waals surface area (Å²) < 4.78 is 59.4. The van der Waals surface area contributed by atoms with Crippen LogP contribution in [0.3, 0.4) is 0 Å². The SMILES string of the molecule is CC.CC(C)(C)S(C)(C)C.CC(C)c1cc(-c2n[nH]c(=O)n2-c2ccc(CN3CCN(CC(=O)Nc4ccn(C5OC(COS(C)(C)C(C)(C)C)CC5(F)F)c(=O)n4)CC3)c(F)c2)c(O)cc1O. The number of aromatic hydroxyl groups is 2. The lowest BCUT2D eigenvalue weighted by atomic mass is 9.98. The van der Waals surface area contributed by atoms with Crippen molar-refractivity contribution in [3.63, 3.8) is 0 Å². The average Bonchev–Trinajstić information content (AvgIpc) is 3.75. The van der Waals surface area contributed by atoms with Crippen molar-refractivity contribution < 1.29 is 37.1 Å². The van der Waals surface area contributed by atoms with Crippen molar-refractivity contribution in [2.24, 2.45) is 0 Å². The molecular formula is C48H75F3N8O7S2. The van der Waals surface area contributed by atoms with Crippen LogP contribution in [0.4, 0.5) is 19.0 Å². The lowest BCUT2D eigenvalue weighted by molar-refractivity contribution is -0.119. The Hall–Kier alpha value is -4.34. The van der Waals surface area contributed by atoms with Crippen LogP contribution in [-0.2, 0) is 20.3 Å². The predicted octanol–water partition coefficient (Wildman–Crippen LogP) is 8.44. The smallest absolute Gasteiger partial charge is 0.351 e. The van der Waals surface area contributed by atoms with Crippen LogP contribution in [0.2, 0.25) is 0 Å². The first-order chi connectivity index (χ1) is 31.4. The number of piperazine rings is 1. The van der Waals surface area contributed by atoms with Crippen molar-refractivity contribution in [3.05, 3.63) is 80.5 Å². The third-order valence-corrected chi connectivity index (χ3v) is 19.9. The van der Waals surface area contributed by atoms with Gasteiger partial charge in [0.2, 0.25) is 12.1 Å². The molecular weight excluding hydrogens is 922 g/mol. The Labute approximate surface area is 402 Å². The largest absolute Gasteiger partial charge is 0.508 e. The minimum absolute atomic E-state index is 0.0168. The van der Waals surface area contributed by atoms with E-state index in [4.69, 9.17) is 8.92 Å². The number of H-pyrrole nitrogens is 1. The number of nitrogens with zero attached hydrogens (tertiary/aromatic N) is 6. The van der Waals surface area contributed by atoms with Gasteiger partial charge in [-0.25, -0.2) is 42.5 Å². The molecule has 4 aromatic rings. The van der Waals surface area contributed by atoms with Gasteiger partial charge < -0.3 is 24.4 Å². The second-order valence-electron chi connectivity index (χ2n) is 20.3. The molecule has 2 aliphatic rings. The summed E-state index contributed by atoms with van der Waals surface area (Å²) in [6.45, 7) is 23.0. The summed E-state index contributed by atoms with van der Waals surface area (Å²) in [5.41, 5.74) is -0.318. The second kappa shape index (κ2) is 22.2. The topological polar surface area (TPSA) is 180 Å². The maximum Gasteiger partial charge on any atom is 0.351 e. The van der Waals surface area contributed by atoms with Crippen molar-refractivity contribution in [2.45, 2.75) is 116 Å². The molecule has 4 N–H and O–H groups in total. The molecule has 20 heteroatoms. The van der Waals surface area contributed by atoms with Gasteiger partial charge in [0, 0.05) is 61.7 Å². The molecule has 15 nitrogen and oxygen atoms in total. The molecule has 2 fully saturated rings. The zero-order valence-corrected chi connectivity index (χ0v) is 44.1. The Balaban J connectivity index is 0.000000913. The van der Waals surface area contributed by atoms with E-state index in [-0.39, 0.29) is 74.8 Å². The van der Waals surface area contributed by atoms with E-state index in [1.807, 2.05) is 70.8 Å². The number of benzene rings is 2. The molecule has 0 aliphatic carbocycles. The molecule has 2 aromatic heterocycles. The van der Waals surface area contributed by atoms with Crippen LogP contribution in [-0.4, -0.2) is 142 Å². The summed E-state index contributed by atoms with van der Waals surface area (Å²) >= 11 is 0. The summed E-state index contributed by atoms with van der Waals surface area (Å²) in [6.07, 6.45) is 8.74. The van der Waals surface area contributed by atoms with Crippen molar-refractivity contribution in [2.75, 3.05) is 75.9 Å². The lowest BCUT2D eigenvalue weighted by Crippen LogP contribution is -2.48. The van der Waals surface area contributed by atoms with Crippen molar-refractivity contribution in [3.8, 4) is 28.6 Å². The number of amides is 1. The average molecular weight is 997 g/mol. The number of rotatable bonds is 12. The van der Waals surface area contributed by atoms with E-state index in [0.717, 1.165) is 15.3 Å². The molecule has 2 aromatic carbocycles. The fourth-order valence-corrected chi connectivity index (χ4v) is 7.52. The van der Waals surface area contributed by atoms with Gasteiger partial charge in [0.05, 0.1) is 30.5 Å². The van der Waals surface area contributed by atoms with Gasteiger partial charge in [-0.1, -0.05) is 75.3 Å². The van der Waals surface area contributed by atoms with Gasteiger partial charge in [0.25, 0.3) is 5.92 Å². The summed E-state index contributed by atoms with van der Waals surface area (Å²) in [7, 11) is -1.91. The molecule has 0 saturated carbocycles. The van der Waals surface area contributed by atoms with Crippen LogP contribution in [0.5, 0.6) is 11.5 Å². The van der Waals surface area contributed by atoms with Gasteiger partial charge in [0.15, 0.2) is 5.82 Å². The van der Waals surface area contributed by atoms with Crippen LogP contribution >= 0.6 is 20.3 Å². The van der Waals surface area contributed by atoms with Crippen molar-refractivity contribution >= 4 is 32.1 Å². The molecule has 2 unspecified atom stereocenters. The van der Waals surface area contributed by atoms with E-state index in [1.54, 1.807) is 18.2 Å². The molecule has 2 atom stereocenters. The molecule has 0 bridgehead atoms. The molecule has 68 heavy (non-hydrogen) atoms. The Morgan fingerprint density at radius 3 is 2.09 bits per heavy atom. The second-order valence-corrected chi connectivity index (χ2v) is 29.1. The summed E-state index contributed by atoms with van der Waals surface area (Å²) in [5, 5.41) is 29.8. The molecule has 0 spiro atoms. The van der Waals surface area contributed by atoms with Gasteiger partial charge in [-0.3, -0.25) is 19.2 Å². The van der Waals surface area contributed by atoms with Crippen molar-refractivity contribution in [1.82, 2.24) is 34.1 Å². The maximum atomic E-state index is 15.5. The Morgan fingerprint density at radius 1 is 0.941 bits per heavy atom. The molecule has 4 heterocycles. The first-order valence-electron chi connectivity index (χ1n) is 22.8. The summed E-state index contributed by atoms with van der Waals surface area (Å²) in [6, 6.07) is 8.39. The number of alkyl halides is 2. The van der Waals surface area contributed by atoms with E-state index in [2.05, 4.69) is 60.0 Å². The normalized spacial score (nSPS) is 18.6. The van der Waals surface area contributed by atoms with Crippen LogP contribution in [0, 0.1) is 5.82 Å². The van der Waals surface area contributed by atoms with Crippen LogP contribution in [0.25, 0.3) is 17.1 Å². The first kappa shape index (κ1) is 56.2. The molecule has 2 saturated heterocycles. The number of hydrogen-bond acceptors (Lipinski definition) is 11. The van der Waals surface area contributed by atoms with E-state index in [1.165, 1.54) is 18.2 Å². The molecule has 382 valence electrons. The quantitative estimate of drug-likeness (QED) is 0.107. The third kappa shape index (κ3) is 13.9. The maximum absolute atomic E-state index is 15.5. The predicted molar refractivity (Wildman–Crippen MR) is 271 cm³/mol. The first-order valence-corrected chi connectivity index (χ1v) is 28.1. The van der Waals surface area contributed by atoms with E-state index < -0.39 is 58.1 Å². The Morgan fingerprint density at radius 2 is 1.54 bits per heavy atom. The number of nitrogens with one attached hydrogen (secondary N) is 2. The number of ether oxygens (including phenoxy) is 1. The zero-order chi connectivity index (χ0) is 51.3. The Bertz CT molecular complexity index is 2450. The van der Waals surface area contributed by atoms with E-state index in [0.29, 0.717) is 42.1 Å². The number of phenolic OH excluding ortho intramolecular Hbond substituents is 2. The van der Waals surface area contributed by atoms with Crippen LogP contribution in [0.1, 0.15) is 98.9 Å². The number of carbonyl (C=O) groups excluding carboxylic acids is 1. The molecule has 6 rings (SSSR count). The third-order valence-electron chi connectivity index (χ3n) is 12.6. The lowest BCUT2D eigenvalue weighted by Gasteiger charge is -2.44. The van der Waals surface area contributed by atoms with Crippen LogP contribution < -0.4 is 16.7 Å². The highest BCUT2D eigenvalue weighted by atomic mass is 32.3. The summed E-state index contributed by atoms with van der Waals surface area (Å²) in [5.74, 6) is -4.84. The Kier molecular flexibility index (Phi) is 18.3. The fraction of sp³-hybridized carbons (Fsp3) is 0.604. The molecule has 2 aliphatic heterocycles. The zero-order valence-electron chi connectivity index (χ0n) is 42.5. The highest BCUT2D eigenvalue weighted by Crippen LogP contribution is 2.54. The van der Waals surface area contributed by atoms with Crippen LogP contribution in [0.15, 0.2) is 52.2 Å². The fourth-order valence-electron chi connectivity index (χ4n) is 6.67. The van der Waals surface area contributed by atoms with Gasteiger partial charge in [-0.2, -0.15) is 10.1 Å². The van der Waals surface area contributed by atoms with Gasteiger partial charge in [-0.05, 0) is 71.8 Å². The highest BCUT2D eigenvalue weighted by Gasteiger charge is 2.52. The standard InChI is InChI=1S/C39H51F3N8O7S.C7H18S.C2H6/c1-23(2)27-17-28(31(52)18-30(27)51)34-45-46-37(55)50(34)25-9-8-24(29(40)16-25)20-47-12-14-48(15-13-47)21-33(53)43-32-10-11-49(36(54)44-32)35-39(41,42)19-26(57-35)22-56-58(6,7)38(3,4)5;1-7(2,3)8(4,5)6;1-2/h8-11,16-18,23,26,35,51-52H,12-15,19-22H2,1-7H3,(H,46,55)(H,43,44,53,54);1-6H3;1-2H3. The highest BCUT2D eigenvalue weighted by molar-refractivity contribution is 8.33. The van der Waals surface area contributed by atoms with Gasteiger partial charge >= 0.3 is 11.4 Å². The van der Waals surface area contributed by atoms with E-state index >= 15 is 13.2 Å². The van der Waals surface area contributed by atoms with Crippen molar-refractivity contribution in [1.29, 1.82) is 0 Å². The summed E-state index contributed by atoms with van der Waals surface area (Å²) in [4.78, 5) is 46.3. The number of phenols is 2. The monoisotopic (exact) mass is 997 g/mol. The minimum Gasteiger partial charge on any atom is -0.508 e. The number of hydrogen-bond donors (Lipinski definition) is 4. The number of aromatic nitrogens is 5. The minimum atomic E-state index is -3.34. The van der Waals surface area contributed by atoms with Gasteiger partial charge in [-0.15, -0.1) is 10.3 Å². The number of carbonyl (C=O) groups is 1. The van der Waals surface area contributed by atoms with Gasteiger partial charge in [0.1, 0.15) is 23.1 Å². The number of anilines is 1. The number of halogens is 3.